The molecule has 0 spiro atoms. The fourth-order valence-electron chi connectivity index (χ4n) is 4.97. The number of carbonyl (C=O) groups excluding carboxylic acids is 1. The minimum atomic E-state index is -0.278. The van der Waals surface area contributed by atoms with Crippen molar-refractivity contribution in [3.05, 3.63) is 58.6 Å². The molecule has 1 amide bonds. The van der Waals surface area contributed by atoms with Crippen molar-refractivity contribution >= 4 is 17.7 Å². The van der Waals surface area contributed by atoms with E-state index in [9.17, 15) is 4.79 Å². The van der Waals surface area contributed by atoms with Gasteiger partial charge in [-0.3, -0.25) is 4.90 Å². The van der Waals surface area contributed by atoms with E-state index in [0.29, 0.717) is 5.92 Å². The Hall–Kier alpha value is -2.04. The van der Waals surface area contributed by atoms with E-state index in [1.807, 2.05) is 24.3 Å². The average Bonchev–Trinajstić information content (AvgIpc) is 3.11. The van der Waals surface area contributed by atoms with Crippen LogP contribution in [0.15, 0.2) is 42.5 Å². The lowest BCUT2D eigenvalue weighted by atomic mass is 9.86. The first kappa shape index (κ1) is 18.0. The van der Waals surface area contributed by atoms with E-state index in [1.54, 1.807) is 0 Å². The Morgan fingerprint density at radius 2 is 1.93 bits per heavy atom. The molecule has 0 saturated carbocycles. The number of fused-ring (bicyclic) bond motifs is 4. The number of halogens is 1. The van der Waals surface area contributed by atoms with Crippen LogP contribution in [0.5, 0.6) is 0 Å². The molecule has 2 aromatic carbocycles. The van der Waals surface area contributed by atoms with Gasteiger partial charge in [0.1, 0.15) is 6.10 Å². The molecule has 28 heavy (non-hydrogen) atoms. The van der Waals surface area contributed by atoms with E-state index < -0.39 is 0 Å². The van der Waals surface area contributed by atoms with Gasteiger partial charge in [0.15, 0.2) is 0 Å². The predicted octanol–water partition coefficient (Wildman–Crippen LogP) is 4.81. The number of hydrogen-bond donors (Lipinski definition) is 1. The molecule has 6 rings (SSSR count). The first-order valence-electron chi connectivity index (χ1n) is 10.2. The summed E-state index contributed by atoms with van der Waals surface area (Å²) in [5.74, 6) is 0.526. The highest BCUT2D eigenvalue weighted by atomic mass is 35.5. The summed E-state index contributed by atoms with van der Waals surface area (Å²) < 4.78 is 5.82. The Kier molecular flexibility index (Phi) is 4.77. The molecule has 0 aromatic heterocycles. The van der Waals surface area contributed by atoms with Gasteiger partial charge >= 0.3 is 6.09 Å². The zero-order valence-electron chi connectivity index (χ0n) is 15.9. The van der Waals surface area contributed by atoms with Crippen LogP contribution in [0, 0.1) is 5.92 Å². The van der Waals surface area contributed by atoms with Crippen LogP contribution in [0.1, 0.15) is 36.4 Å². The van der Waals surface area contributed by atoms with E-state index in [1.165, 1.54) is 11.1 Å². The number of nitrogens with one attached hydrogen (secondary N) is 1. The topological polar surface area (TPSA) is 41.6 Å². The molecule has 146 valence electrons. The van der Waals surface area contributed by atoms with E-state index >= 15 is 0 Å². The maximum Gasteiger partial charge on any atom is 0.407 e. The number of aryl methyl sites for hydroxylation is 1. The highest BCUT2D eigenvalue weighted by molar-refractivity contribution is 6.33. The van der Waals surface area contributed by atoms with Crippen LogP contribution in [-0.2, 0) is 11.2 Å². The van der Waals surface area contributed by atoms with Crippen LogP contribution < -0.4 is 5.32 Å². The Morgan fingerprint density at radius 1 is 1.11 bits per heavy atom. The van der Waals surface area contributed by atoms with Gasteiger partial charge in [-0.25, -0.2) is 4.79 Å². The summed E-state index contributed by atoms with van der Waals surface area (Å²) in [6.07, 6.45) is 3.94. The Bertz CT molecular complexity index is 892. The largest absolute Gasteiger partial charge is 0.445 e. The number of ether oxygens (including phenoxy) is 1. The first-order chi connectivity index (χ1) is 13.7. The molecule has 2 atom stereocenters. The number of carbonyl (C=O) groups is 1. The average molecular weight is 397 g/mol. The molecule has 1 unspecified atom stereocenters. The molecule has 4 nitrogen and oxygen atoms in total. The number of nitrogens with zero attached hydrogens (tertiary/aromatic N) is 1. The van der Waals surface area contributed by atoms with E-state index in [4.69, 9.17) is 16.3 Å². The molecule has 5 heteroatoms. The van der Waals surface area contributed by atoms with Crippen molar-refractivity contribution in [2.24, 2.45) is 5.92 Å². The van der Waals surface area contributed by atoms with Crippen molar-refractivity contribution in [3.8, 4) is 11.1 Å². The fraction of sp³-hybridized carbons (Fsp3) is 0.435. The van der Waals surface area contributed by atoms with Crippen molar-refractivity contribution in [2.45, 2.75) is 37.8 Å². The minimum absolute atomic E-state index is 0.00558. The SMILES string of the molecule is O=C(NC1CCc2ccc(-c3ccccc3Cl)cc21)O[C@H]1CN2CCC1CC2. The molecule has 2 aromatic rings. The number of amides is 1. The quantitative estimate of drug-likeness (QED) is 0.809. The Morgan fingerprint density at radius 3 is 2.68 bits per heavy atom. The maximum atomic E-state index is 12.6. The summed E-state index contributed by atoms with van der Waals surface area (Å²) in [6.45, 7) is 3.18. The summed E-state index contributed by atoms with van der Waals surface area (Å²) in [6, 6.07) is 14.3. The molecule has 4 aliphatic rings. The smallest absolute Gasteiger partial charge is 0.407 e. The van der Waals surface area contributed by atoms with Gasteiger partial charge < -0.3 is 10.1 Å². The zero-order chi connectivity index (χ0) is 19.1. The molecule has 1 aliphatic carbocycles. The third kappa shape index (κ3) is 3.40. The summed E-state index contributed by atoms with van der Waals surface area (Å²) >= 11 is 6.38. The van der Waals surface area contributed by atoms with Crippen LogP contribution in [0.2, 0.25) is 5.02 Å². The van der Waals surface area contributed by atoms with Crippen molar-refractivity contribution < 1.29 is 9.53 Å². The van der Waals surface area contributed by atoms with Crippen molar-refractivity contribution in [1.29, 1.82) is 0 Å². The zero-order valence-corrected chi connectivity index (χ0v) is 16.6. The van der Waals surface area contributed by atoms with Gasteiger partial charge in [-0.2, -0.15) is 0 Å². The highest BCUT2D eigenvalue weighted by Crippen LogP contribution is 2.36. The van der Waals surface area contributed by atoms with Gasteiger partial charge in [0.05, 0.1) is 6.04 Å². The lowest BCUT2D eigenvalue weighted by Gasteiger charge is -2.43. The molecule has 3 heterocycles. The van der Waals surface area contributed by atoms with Gasteiger partial charge in [0, 0.05) is 17.1 Å². The number of alkyl carbamates (subject to hydrolysis) is 1. The first-order valence-corrected chi connectivity index (χ1v) is 10.6. The van der Waals surface area contributed by atoms with Crippen LogP contribution in [0.4, 0.5) is 4.79 Å². The lowest BCUT2D eigenvalue weighted by molar-refractivity contribution is -0.0339. The second-order valence-electron chi connectivity index (χ2n) is 8.21. The van der Waals surface area contributed by atoms with Crippen molar-refractivity contribution in [3.63, 3.8) is 0 Å². The molecule has 1 N–H and O–H groups in total. The van der Waals surface area contributed by atoms with Gasteiger partial charge in [0.25, 0.3) is 0 Å². The molecule has 3 aliphatic heterocycles. The van der Waals surface area contributed by atoms with E-state index in [2.05, 4.69) is 28.4 Å². The normalized spacial score (nSPS) is 28.0. The monoisotopic (exact) mass is 396 g/mol. The third-order valence-corrected chi connectivity index (χ3v) is 6.88. The summed E-state index contributed by atoms with van der Waals surface area (Å²) in [7, 11) is 0. The summed E-state index contributed by atoms with van der Waals surface area (Å²) in [5.41, 5.74) is 4.59. The highest BCUT2D eigenvalue weighted by Gasteiger charge is 2.37. The van der Waals surface area contributed by atoms with Crippen LogP contribution in [0.3, 0.4) is 0 Å². The number of piperidine rings is 3. The standard InChI is InChI=1S/C23H25ClN2O2/c24-20-4-2-1-3-18(20)17-6-5-15-7-8-21(19(15)13-17)25-23(27)28-22-14-26-11-9-16(22)10-12-26/h1-6,13,16,21-22H,7-12,14H2,(H,25,27)/t21?,22-/m0/s1. The molecule has 2 bridgehead atoms. The minimum Gasteiger partial charge on any atom is -0.445 e. The van der Waals surface area contributed by atoms with Crippen LogP contribution in [0.25, 0.3) is 11.1 Å². The van der Waals surface area contributed by atoms with E-state index in [-0.39, 0.29) is 18.2 Å². The third-order valence-electron chi connectivity index (χ3n) is 6.56. The predicted molar refractivity (Wildman–Crippen MR) is 111 cm³/mol. The number of hydrogen-bond acceptors (Lipinski definition) is 3. The van der Waals surface area contributed by atoms with Crippen molar-refractivity contribution in [2.75, 3.05) is 19.6 Å². The second-order valence-corrected chi connectivity index (χ2v) is 8.62. The molecule has 3 fully saturated rings. The molecule has 0 radical (unpaired) electrons. The lowest BCUT2D eigenvalue weighted by Crippen LogP contribution is -2.52. The van der Waals surface area contributed by atoms with Crippen LogP contribution in [-0.4, -0.2) is 36.7 Å². The maximum absolute atomic E-state index is 12.6. The number of rotatable bonds is 3. The fourth-order valence-corrected chi connectivity index (χ4v) is 5.22. The van der Waals surface area contributed by atoms with Gasteiger partial charge in [-0.1, -0.05) is 41.9 Å². The molecule has 3 saturated heterocycles. The second kappa shape index (κ2) is 7.41. The van der Waals surface area contributed by atoms with Gasteiger partial charge in [0.2, 0.25) is 0 Å². The molecular formula is C23H25ClN2O2. The van der Waals surface area contributed by atoms with Crippen LogP contribution >= 0.6 is 11.6 Å². The summed E-state index contributed by atoms with van der Waals surface area (Å²) in [5, 5.41) is 3.86. The Balaban J connectivity index is 1.30. The van der Waals surface area contributed by atoms with Crippen molar-refractivity contribution in [1.82, 2.24) is 10.2 Å². The van der Waals surface area contributed by atoms with Gasteiger partial charge in [-0.05, 0) is 73.5 Å². The Labute approximate surface area is 170 Å². The summed E-state index contributed by atoms with van der Waals surface area (Å²) in [4.78, 5) is 15.0. The molecular weight excluding hydrogens is 372 g/mol. The van der Waals surface area contributed by atoms with E-state index in [0.717, 1.165) is 61.5 Å². The van der Waals surface area contributed by atoms with Gasteiger partial charge in [-0.15, -0.1) is 0 Å². The number of benzene rings is 2.